The molecule has 1 aliphatic heterocycles. The highest BCUT2D eigenvalue weighted by Gasteiger charge is 2.15. The molecule has 0 spiro atoms. The number of benzene rings is 1. The van der Waals surface area contributed by atoms with Crippen molar-refractivity contribution in [2.75, 3.05) is 18.5 Å². The summed E-state index contributed by atoms with van der Waals surface area (Å²) in [6, 6.07) is 4.30. The number of amidine groups is 1. The molecule has 1 aliphatic rings. The third-order valence-electron chi connectivity index (χ3n) is 4.24. The summed E-state index contributed by atoms with van der Waals surface area (Å²) in [5, 5.41) is 6.04. The van der Waals surface area contributed by atoms with Crippen LogP contribution in [0.25, 0.3) is 5.57 Å². The number of nitrogens with zero attached hydrogens (tertiary/aromatic N) is 3. The largest absolute Gasteiger partial charge is 0.383 e. The third kappa shape index (κ3) is 6.00. The van der Waals surface area contributed by atoms with E-state index in [2.05, 4.69) is 32.2 Å². The first kappa shape index (κ1) is 20.8. The topological polar surface area (TPSA) is 97.5 Å². The van der Waals surface area contributed by atoms with E-state index >= 15 is 0 Å². The monoisotopic (exact) mass is 416 g/mol. The highest BCUT2D eigenvalue weighted by Crippen LogP contribution is 2.20. The molecule has 1 fully saturated rings. The Hall–Kier alpha value is -2.97. The van der Waals surface area contributed by atoms with E-state index in [1.54, 1.807) is 24.7 Å². The fraction of sp³-hybridized carbons (Fsp3) is 0.250. The van der Waals surface area contributed by atoms with Gasteiger partial charge in [0.05, 0.1) is 23.5 Å². The molecule has 4 N–H and O–H groups in total. The highest BCUT2D eigenvalue weighted by molar-refractivity contribution is 6.31. The molecule has 0 saturated carbocycles. The fourth-order valence-electron chi connectivity index (χ4n) is 2.76. The summed E-state index contributed by atoms with van der Waals surface area (Å²) in [6.45, 7) is 5.15. The maximum absolute atomic E-state index is 13.3. The van der Waals surface area contributed by atoms with Crippen LogP contribution < -0.4 is 16.4 Å². The molecule has 29 heavy (non-hydrogen) atoms. The summed E-state index contributed by atoms with van der Waals surface area (Å²) in [4.78, 5) is 12.5. The number of anilines is 1. The van der Waals surface area contributed by atoms with Crippen molar-refractivity contribution in [1.29, 1.82) is 0 Å². The van der Waals surface area contributed by atoms with E-state index in [0.717, 1.165) is 19.4 Å². The van der Waals surface area contributed by atoms with E-state index in [-0.39, 0.29) is 11.1 Å². The molecule has 9 heteroatoms. The van der Waals surface area contributed by atoms with Gasteiger partial charge in [-0.3, -0.25) is 4.99 Å². The molecule has 1 unspecified atom stereocenters. The summed E-state index contributed by atoms with van der Waals surface area (Å²) in [6.07, 6.45) is 8.49. The maximum Gasteiger partial charge on any atom is 0.141 e. The third-order valence-corrected chi connectivity index (χ3v) is 4.53. The Morgan fingerprint density at radius 1 is 1.41 bits per heavy atom. The Labute approximate surface area is 173 Å². The Morgan fingerprint density at radius 2 is 2.21 bits per heavy atom. The minimum Gasteiger partial charge on any atom is -0.383 e. The average Bonchev–Trinajstić information content (AvgIpc) is 3.24. The zero-order chi connectivity index (χ0) is 20.6. The Kier molecular flexibility index (Phi) is 7.15. The number of aliphatic imine (C=N–C) groups is 1. The second-order valence-corrected chi connectivity index (χ2v) is 6.83. The van der Waals surface area contributed by atoms with E-state index < -0.39 is 5.82 Å². The van der Waals surface area contributed by atoms with Crippen molar-refractivity contribution in [3.05, 3.63) is 71.9 Å². The van der Waals surface area contributed by atoms with Gasteiger partial charge in [-0.1, -0.05) is 18.2 Å². The second-order valence-electron chi connectivity index (χ2n) is 6.42. The number of hydrogen-bond acceptors (Lipinski definition) is 6. The van der Waals surface area contributed by atoms with Gasteiger partial charge in [0.15, 0.2) is 0 Å². The van der Waals surface area contributed by atoms with Crippen molar-refractivity contribution < 1.29 is 9.13 Å². The van der Waals surface area contributed by atoms with E-state index in [9.17, 15) is 4.39 Å². The minimum atomic E-state index is -0.489. The molecule has 0 bridgehead atoms. The van der Waals surface area contributed by atoms with Crippen molar-refractivity contribution in [3.63, 3.8) is 0 Å². The Balaban J connectivity index is 1.72. The van der Waals surface area contributed by atoms with Gasteiger partial charge in [0.2, 0.25) is 0 Å². The van der Waals surface area contributed by atoms with Crippen LogP contribution >= 0.6 is 11.6 Å². The van der Waals surface area contributed by atoms with E-state index in [1.807, 2.05) is 0 Å². The minimum absolute atomic E-state index is 0.0194. The molecule has 7 nitrogen and oxygen atoms in total. The zero-order valence-electron chi connectivity index (χ0n) is 15.7. The predicted octanol–water partition coefficient (Wildman–Crippen LogP) is 3.32. The van der Waals surface area contributed by atoms with Crippen molar-refractivity contribution in [2.45, 2.75) is 18.9 Å². The number of aromatic nitrogens is 2. The van der Waals surface area contributed by atoms with Crippen molar-refractivity contribution in [1.82, 2.24) is 15.3 Å². The van der Waals surface area contributed by atoms with Crippen LogP contribution in [0.15, 0.2) is 60.5 Å². The summed E-state index contributed by atoms with van der Waals surface area (Å²) < 4.78 is 18.9. The summed E-state index contributed by atoms with van der Waals surface area (Å²) >= 11 is 5.80. The molecule has 1 aromatic carbocycles. The van der Waals surface area contributed by atoms with Crippen LogP contribution in [-0.4, -0.2) is 35.1 Å². The number of nitrogens with two attached hydrogens (primary N) is 1. The number of ether oxygens (including phenoxy) is 1. The summed E-state index contributed by atoms with van der Waals surface area (Å²) in [5.74, 6) is 0.284. The van der Waals surface area contributed by atoms with E-state index in [4.69, 9.17) is 22.1 Å². The molecular weight excluding hydrogens is 395 g/mol. The molecule has 152 valence electrons. The fourth-order valence-corrected chi connectivity index (χ4v) is 2.94. The summed E-state index contributed by atoms with van der Waals surface area (Å²) in [5.41, 5.74) is 8.13. The van der Waals surface area contributed by atoms with Gasteiger partial charge in [0, 0.05) is 42.0 Å². The van der Waals surface area contributed by atoms with Crippen LogP contribution in [0.3, 0.4) is 0 Å². The van der Waals surface area contributed by atoms with Gasteiger partial charge >= 0.3 is 0 Å². The van der Waals surface area contributed by atoms with Gasteiger partial charge in [-0.2, -0.15) is 0 Å². The second kappa shape index (κ2) is 9.99. The SMILES string of the molecule is C=C(NC=C(C(N)=NCC1CCCO1)c1cncnc1)Nc1ccc(F)c(Cl)c1. The lowest BCUT2D eigenvalue weighted by Crippen LogP contribution is -2.21. The number of hydrogen-bond donors (Lipinski definition) is 3. The average molecular weight is 417 g/mol. The molecule has 0 aliphatic carbocycles. The molecule has 1 atom stereocenters. The molecule has 1 saturated heterocycles. The van der Waals surface area contributed by atoms with E-state index in [1.165, 1.54) is 18.5 Å². The lowest BCUT2D eigenvalue weighted by Gasteiger charge is -2.13. The predicted molar refractivity (Wildman–Crippen MR) is 113 cm³/mol. The molecule has 2 heterocycles. The van der Waals surface area contributed by atoms with Gasteiger partial charge < -0.3 is 21.1 Å². The number of rotatable bonds is 8. The lowest BCUT2D eigenvalue weighted by molar-refractivity contribution is 0.118. The van der Waals surface area contributed by atoms with Crippen molar-refractivity contribution >= 4 is 28.7 Å². The Morgan fingerprint density at radius 3 is 2.90 bits per heavy atom. The van der Waals surface area contributed by atoms with Gasteiger partial charge in [-0.25, -0.2) is 14.4 Å². The van der Waals surface area contributed by atoms with Crippen LogP contribution in [0.2, 0.25) is 5.02 Å². The van der Waals surface area contributed by atoms with Crippen molar-refractivity contribution in [2.24, 2.45) is 10.7 Å². The number of nitrogens with one attached hydrogen (secondary N) is 2. The Bertz CT molecular complexity index is 912. The molecule has 1 aromatic heterocycles. The van der Waals surface area contributed by atoms with E-state index in [0.29, 0.717) is 35.0 Å². The van der Waals surface area contributed by atoms with Gasteiger partial charge in [-0.05, 0) is 31.0 Å². The van der Waals surface area contributed by atoms with Crippen LogP contribution in [0.1, 0.15) is 18.4 Å². The van der Waals surface area contributed by atoms with Crippen LogP contribution in [-0.2, 0) is 4.74 Å². The zero-order valence-corrected chi connectivity index (χ0v) is 16.5. The first-order valence-electron chi connectivity index (χ1n) is 9.08. The van der Waals surface area contributed by atoms with Crippen LogP contribution in [0, 0.1) is 5.82 Å². The number of halogens is 2. The van der Waals surface area contributed by atoms with Gasteiger partial charge in [0.1, 0.15) is 18.0 Å². The van der Waals surface area contributed by atoms with Gasteiger partial charge in [-0.15, -0.1) is 0 Å². The maximum atomic E-state index is 13.3. The smallest absolute Gasteiger partial charge is 0.141 e. The first-order chi connectivity index (χ1) is 14.0. The summed E-state index contributed by atoms with van der Waals surface area (Å²) in [7, 11) is 0. The first-order valence-corrected chi connectivity index (χ1v) is 9.45. The molecule has 2 aromatic rings. The highest BCUT2D eigenvalue weighted by atomic mass is 35.5. The van der Waals surface area contributed by atoms with Crippen LogP contribution in [0.4, 0.5) is 10.1 Å². The standard InChI is InChI=1S/C20H22ClFN6O/c1-13(28-15-4-5-19(22)18(21)7-15)26-11-17(14-8-24-12-25-9-14)20(23)27-10-16-3-2-6-29-16/h4-5,7-9,11-12,16,26,28H,1-3,6,10H2,(H2,23,27). The molecular formula is C20H22ClFN6O. The molecule has 3 rings (SSSR count). The van der Waals surface area contributed by atoms with Crippen molar-refractivity contribution in [3.8, 4) is 0 Å². The normalized spacial score (nSPS) is 17.2. The molecule has 0 radical (unpaired) electrons. The lowest BCUT2D eigenvalue weighted by atomic mass is 10.1. The van der Waals surface area contributed by atoms with Crippen LogP contribution in [0.5, 0.6) is 0 Å². The molecule has 0 amide bonds. The van der Waals surface area contributed by atoms with Gasteiger partial charge in [0.25, 0.3) is 0 Å². The quantitative estimate of drug-likeness (QED) is 0.451.